The van der Waals surface area contributed by atoms with Crippen LogP contribution in [0.15, 0.2) is 24.3 Å². The smallest absolute Gasteiger partial charge is 0.150 e. The Kier molecular flexibility index (Phi) is 3.64. The number of hydrogen-bond donors (Lipinski definition) is 0. The van der Waals surface area contributed by atoms with Gasteiger partial charge in [-0.1, -0.05) is 50.0 Å². The molecule has 0 fully saturated rings. The first-order valence-corrected chi connectivity index (χ1v) is 8.76. The topological polar surface area (TPSA) is 17.1 Å². The fourth-order valence-electron chi connectivity index (χ4n) is 1.28. The number of aryl methyl sites for hydroxylation is 1. The molecule has 0 aromatic heterocycles. The fraction of sp³-hybridized carbons (Fsp3) is 0.417. The van der Waals surface area contributed by atoms with Gasteiger partial charge in [0.25, 0.3) is 0 Å². The van der Waals surface area contributed by atoms with Crippen LogP contribution in [0, 0.1) is 0 Å². The van der Waals surface area contributed by atoms with Crippen LogP contribution >= 0.6 is 0 Å². The number of aldehydes is 1. The van der Waals surface area contributed by atoms with Crippen LogP contribution in [0.25, 0.3) is 0 Å². The third-order valence-corrected chi connectivity index (χ3v) is 4.03. The van der Waals surface area contributed by atoms with Gasteiger partial charge >= 0.3 is 0 Å². The van der Waals surface area contributed by atoms with Crippen LogP contribution in [0.5, 0.6) is 0 Å². The summed E-state index contributed by atoms with van der Waals surface area (Å²) in [5.41, 5.74) is 2.11. The van der Waals surface area contributed by atoms with Gasteiger partial charge in [0.15, 0.2) is 0 Å². The molecule has 0 aliphatic heterocycles. The molecule has 2 heteroatoms. The van der Waals surface area contributed by atoms with E-state index in [-0.39, 0.29) is 0 Å². The Morgan fingerprint density at radius 3 is 2.14 bits per heavy atom. The van der Waals surface area contributed by atoms with Gasteiger partial charge in [-0.05, 0) is 12.0 Å². The molecule has 1 aromatic carbocycles. The summed E-state index contributed by atoms with van der Waals surface area (Å²) in [5, 5.41) is 0. The second kappa shape index (κ2) is 4.56. The second-order valence-electron chi connectivity index (χ2n) is 4.92. The first-order valence-electron chi connectivity index (χ1n) is 5.05. The second-order valence-corrected chi connectivity index (χ2v) is 10.5. The lowest BCUT2D eigenvalue weighted by Crippen LogP contribution is -2.19. The van der Waals surface area contributed by atoms with E-state index in [2.05, 4.69) is 31.8 Å². The Morgan fingerprint density at radius 2 is 1.71 bits per heavy atom. The van der Waals surface area contributed by atoms with Gasteiger partial charge in [-0.25, -0.2) is 0 Å². The highest BCUT2D eigenvalue weighted by atomic mass is 28.3. The van der Waals surface area contributed by atoms with Crippen molar-refractivity contribution in [3.8, 4) is 0 Å². The summed E-state index contributed by atoms with van der Waals surface area (Å²) in [5.74, 6) is 0. The van der Waals surface area contributed by atoms with Crippen molar-refractivity contribution in [2.45, 2.75) is 32.1 Å². The van der Waals surface area contributed by atoms with Crippen molar-refractivity contribution < 1.29 is 4.79 Å². The lowest BCUT2D eigenvalue weighted by molar-refractivity contribution is 0.112. The highest BCUT2D eigenvalue weighted by Crippen LogP contribution is 2.13. The van der Waals surface area contributed by atoms with Crippen molar-refractivity contribution in [2.24, 2.45) is 0 Å². The van der Waals surface area contributed by atoms with Crippen LogP contribution in [-0.4, -0.2) is 14.4 Å². The van der Waals surface area contributed by atoms with E-state index >= 15 is 0 Å². The van der Waals surface area contributed by atoms with Crippen LogP contribution in [0.2, 0.25) is 25.7 Å². The lowest BCUT2D eigenvalue weighted by Gasteiger charge is -2.15. The van der Waals surface area contributed by atoms with Crippen molar-refractivity contribution in [3.05, 3.63) is 35.4 Å². The third kappa shape index (κ3) is 3.88. The minimum atomic E-state index is -0.931. The molecule has 0 aliphatic carbocycles. The van der Waals surface area contributed by atoms with Crippen molar-refractivity contribution in [3.63, 3.8) is 0 Å². The Balaban J connectivity index is 2.56. The number of rotatable bonds is 4. The maximum Gasteiger partial charge on any atom is 0.150 e. The molecule has 1 aromatic rings. The molecule has 1 nitrogen and oxygen atoms in total. The average Bonchev–Trinajstić information content (AvgIpc) is 2.14. The van der Waals surface area contributed by atoms with Crippen molar-refractivity contribution >= 4 is 14.4 Å². The number of hydrogen-bond acceptors (Lipinski definition) is 1. The molecular weight excluding hydrogens is 188 g/mol. The monoisotopic (exact) mass is 206 g/mol. The van der Waals surface area contributed by atoms with Crippen LogP contribution in [0.1, 0.15) is 15.9 Å². The molecule has 0 radical (unpaired) electrons. The predicted octanol–water partition coefficient (Wildman–Crippen LogP) is 3.38. The van der Waals surface area contributed by atoms with E-state index in [1.54, 1.807) is 0 Å². The van der Waals surface area contributed by atoms with Gasteiger partial charge in [0, 0.05) is 13.6 Å². The zero-order chi connectivity index (χ0) is 10.6. The highest BCUT2D eigenvalue weighted by Gasteiger charge is 2.12. The Labute approximate surface area is 87.2 Å². The number of benzene rings is 1. The molecule has 1 rings (SSSR count). The SMILES string of the molecule is C[Si](C)(C)CCc1ccc(C=O)cc1. The molecule has 0 saturated heterocycles. The number of carbonyl (C=O) groups excluding carboxylic acids is 1. The van der Waals surface area contributed by atoms with Crippen LogP contribution < -0.4 is 0 Å². The molecule has 76 valence electrons. The van der Waals surface area contributed by atoms with Crippen molar-refractivity contribution in [2.75, 3.05) is 0 Å². The van der Waals surface area contributed by atoms with E-state index in [1.807, 2.05) is 12.1 Å². The van der Waals surface area contributed by atoms with Crippen molar-refractivity contribution in [1.29, 1.82) is 0 Å². The first kappa shape index (κ1) is 11.2. The Hall–Kier alpha value is -0.893. The van der Waals surface area contributed by atoms with Gasteiger partial charge in [-0.3, -0.25) is 4.79 Å². The number of carbonyl (C=O) groups is 1. The van der Waals surface area contributed by atoms with E-state index in [9.17, 15) is 4.79 Å². The molecule has 0 atom stereocenters. The fourth-order valence-corrected chi connectivity index (χ4v) is 2.32. The molecule has 0 unspecified atom stereocenters. The predicted molar refractivity (Wildman–Crippen MR) is 63.7 cm³/mol. The first-order chi connectivity index (χ1) is 6.51. The van der Waals surface area contributed by atoms with Gasteiger partial charge in [0.1, 0.15) is 6.29 Å². The summed E-state index contributed by atoms with van der Waals surface area (Å²) in [4.78, 5) is 10.4. The maximum atomic E-state index is 10.4. The van der Waals surface area contributed by atoms with E-state index in [0.717, 1.165) is 18.3 Å². The Morgan fingerprint density at radius 1 is 1.14 bits per heavy atom. The Bertz CT molecular complexity index is 295. The highest BCUT2D eigenvalue weighted by molar-refractivity contribution is 6.76. The molecule has 0 saturated carbocycles. The van der Waals surface area contributed by atoms with Gasteiger partial charge in [0.05, 0.1) is 0 Å². The summed E-state index contributed by atoms with van der Waals surface area (Å²) in [6.45, 7) is 7.15. The zero-order valence-electron chi connectivity index (χ0n) is 9.21. The minimum absolute atomic E-state index is 0.766. The van der Waals surface area contributed by atoms with E-state index in [1.165, 1.54) is 11.6 Å². The summed E-state index contributed by atoms with van der Waals surface area (Å²) in [7, 11) is -0.931. The van der Waals surface area contributed by atoms with Gasteiger partial charge < -0.3 is 0 Å². The quantitative estimate of drug-likeness (QED) is 0.545. The van der Waals surface area contributed by atoms with Crippen LogP contribution in [0.3, 0.4) is 0 Å². The minimum Gasteiger partial charge on any atom is -0.298 e. The summed E-state index contributed by atoms with van der Waals surface area (Å²) >= 11 is 0. The van der Waals surface area contributed by atoms with E-state index in [0.29, 0.717) is 0 Å². The largest absolute Gasteiger partial charge is 0.298 e. The normalized spacial score (nSPS) is 11.4. The van der Waals surface area contributed by atoms with Crippen molar-refractivity contribution in [1.82, 2.24) is 0 Å². The molecule has 0 aliphatic rings. The maximum absolute atomic E-state index is 10.4. The molecule has 14 heavy (non-hydrogen) atoms. The van der Waals surface area contributed by atoms with Gasteiger partial charge in [-0.2, -0.15) is 0 Å². The summed E-state index contributed by atoms with van der Waals surface area (Å²) in [6, 6.07) is 9.22. The van der Waals surface area contributed by atoms with Gasteiger partial charge in [0.2, 0.25) is 0 Å². The molecule has 0 N–H and O–H groups in total. The summed E-state index contributed by atoms with van der Waals surface area (Å²) in [6.07, 6.45) is 2.04. The lowest BCUT2D eigenvalue weighted by atomic mass is 10.1. The van der Waals surface area contributed by atoms with E-state index < -0.39 is 8.07 Å². The van der Waals surface area contributed by atoms with Crippen LogP contribution in [-0.2, 0) is 6.42 Å². The summed E-state index contributed by atoms with van der Waals surface area (Å²) < 4.78 is 0. The van der Waals surface area contributed by atoms with E-state index in [4.69, 9.17) is 0 Å². The average molecular weight is 206 g/mol. The molecule has 0 spiro atoms. The molecule has 0 bridgehead atoms. The molecule has 0 heterocycles. The third-order valence-electron chi connectivity index (χ3n) is 2.28. The van der Waals surface area contributed by atoms with Crippen LogP contribution in [0.4, 0.5) is 0 Å². The van der Waals surface area contributed by atoms with Gasteiger partial charge in [-0.15, -0.1) is 0 Å². The zero-order valence-corrected chi connectivity index (χ0v) is 10.2. The standard InChI is InChI=1S/C12H18OSi/c1-14(2,3)9-8-11-4-6-12(10-13)7-5-11/h4-7,10H,8-9H2,1-3H3. The molecular formula is C12H18OSi. The molecule has 0 amide bonds.